The summed E-state index contributed by atoms with van der Waals surface area (Å²) in [7, 11) is 1.96. The number of carbonyl (C=O) groups excluding carboxylic acids is 1. The van der Waals surface area contributed by atoms with Crippen molar-refractivity contribution >= 4 is 6.29 Å². The first-order chi connectivity index (χ1) is 6.72. The van der Waals surface area contributed by atoms with Crippen molar-refractivity contribution in [3.05, 3.63) is 35.4 Å². The number of carbonyl (C=O) groups is 1. The summed E-state index contributed by atoms with van der Waals surface area (Å²) in [4.78, 5) is 12.3. The monoisotopic (exact) mass is 191 g/mol. The van der Waals surface area contributed by atoms with Crippen molar-refractivity contribution < 1.29 is 4.79 Å². The average molecular weight is 191 g/mol. The molecule has 0 aromatic heterocycles. The molecule has 0 atom stereocenters. The van der Waals surface area contributed by atoms with Crippen molar-refractivity contribution in [1.29, 1.82) is 0 Å². The van der Waals surface area contributed by atoms with Gasteiger partial charge in [0, 0.05) is 6.54 Å². The van der Waals surface area contributed by atoms with Crippen LogP contribution in [-0.4, -0.2) is 31.3 Å². The number of hydrogen-bond donors (Lipinski definition) is 0. The molecule has 2 heteroatoms. The molecule has 0 aliphatic rings. The molecule has 2 nitrogen and oxygen atoms in total. The Balaban J connectivity index is 2.37. The van der Waals surface area contributed by atoms with Crippen LogP contribution in [0.4, 0.5) is 0 Å². The fourth-order valence-electron chi connectivity index (χ4n) is 1.29. The first kappa shape index (κ1) is 10.9. The van der Waals surface area contributed by atoms with Crippen LogP contribution < -0.4 is 0 Å². The molecular weight excluding hydrogens is 174 g/mol. The van der Waals surface area contributed by atoms with Crippen LogP contribution in [0.15, 0.2) is 24.3 Å². The van der Waals surface area contributed by atoms with Crippen LogP contribution in [0.25, 0.3) is 0 Å². The molecule has 0 radical (unpaired) electrons. The lowest BCUT2D eigenvalue weighted by Gasteiger charge is -2.12. The van der Waals surface area contributed by atoms with E-state index in [4.69, 9.17) is 0 Å². The maximum atomic E-state index is 10.2. The second-order valence-electron chi connectivity index (χ2n) is 3.66. The van der Waals surface area contributed by atoms with Gasteiger partial charge in [0.2, 0.25) is 0 Å². The molecule has 0 bridgehead atoms. The van der Waals surface area contributed by atoms with Gasteiger partial charge in [0.1, 0.15) is 6.29 Å². The zero-order valence-corrected chi connectivity index (χ0v) is 8.86. The molecule has 0 aliphatic carbocycles. The standard InChI is InChI=1S/C12H17NO/c1-11-3-5-12(6-4-11)7-8-13(2)9-10-14/h3-6,10H,7-9H2,1-2H3. The molecule has 0 aliphatic heterocycles. The molecule has 0 unspecified atom stereocenters. The molecule has 0 saturated carbocycles. The molecule has 0 amide bonds. The van der Waals surface area contributed by atoms with Crippen molar-refractivity contribution in [2.45, 2.75) is 13.3 Å². The van der Waals surface area contributed by atoms with Crippen LogP contribution in [0.1, 0.15) is 11.1 Å². The summed E-state index contributed by atoms with van der Waals surface area (Å²) in [5.41, 5.74) is 2.61. The van der Waals surface area contributed by atoms with E-state index in [1.54, 1.807) is 0 Å². The number of aryl methyl sites for hydroxylation is 1. The fourth-order valence-corrected chi connectivity index (χ4v) is 1.29. The summed E-state index contributed by atoms with van der Waals surface area (Å²) < 4.78 is 0. The zero-order valence-electron chi connectivity index (χ0n) is 8.86. The molecule has 0 spiro atoms. The maximum Gasteiger partial charge on any atom is 0.133 e. The SMILES string of the molecule is Cc1ccc(CCN(C)CC=O)cc1. The van der Waals surface area contributed by atoms with E-state index in [-0.39, 0.29) is 0 Å². The molecule has 14 heavy (non-hydrogen) atoms. The topological polar surface area (TPSA) is 20.3 Å². The minimum Gasteiger partial charge on any atom is -0.302 e. The Morgan fingerprint density at radius 2 is 1.93 bits per heavy atom. The van der Waals surface area contributed by atoms with Gasteiger partial charge in [-0.2, -0.15) is 0 Å². The third-order valence-electron chi connectivity index (χ3n) is 2.29. The van der Waals surface area contributed by atoms with Crippen LogP contribution in [0.5, 0.6) is 0 Å². The largest absolute Gasteiger partial charge is 0.302 e. The van der Waals surface area contributed by atoms with Crippen molar-refractivity contribution in [3.8, 4) is 0 Å². The Hall–Kier alpha value is -1.15. The van der Waals surface area contributed by atoms with Gasteiger partial charge in [-0.05, 0) is 26.0 Å². The molecule has 1 aromatic rings. The minimum atomic E-state index is 0.520. The first-order valence-electron chi connectivity index (χ1n) is 4.90. The predicted molar refractivity (Wildman–Crippen MR) is 58.4 cm³/mol. The lowest BCUT2D eigenvalue weighted by molar-refractivity contribution is -0.108. The molecule has 76 valence electrons. The summed E-state index contributed by atoms with van der Waals surface area (Å²) in [6.45, 7) is 3.54. The van der Waals surface area contributed by atoms with E-state index < -0.39 is 0 Å². The average Bonchev–Trinajstić information content (AvgIpc) is 2.17. The predicted octanol–water partition coefficient (Wildman–Crippen LogP) is 1.67. The molecule has 1 aromatic carbocycles. The lowest BCUT2D eigenvalue weighted by atomic mass is 10.1. The number of hydrogen-bond acceptors (Lipinski definition) is 2. The second-order valence-corrected chi connectivity index (χ2v) is 3.66. The van der Waals surface area contributed by atoms with Crippen molar-refractivity contribution in [1.82, 2.24) is 4.90 Å². The highest BCUT2D eigenvalue weighted by Gasteiger charge is 1.97. The van der Waals surface area contributed by atoms with Crippen LogP contribution >= 0.6 is 0 Å². The van der Waals surface area contributed by atoms with Gasteiger partial charge in [0.25, 0.3) is 0 Å². The van der Waals surface area contributed by atoms with Gasteiger partial charge in [-0.3, -0.25) is 4.90 Å². The van der Waals surface area contributed by atoms with E-state index >= 15 is 0 Å². The Labute approximate surface area is 85.5 Å². The fraction of sp³-hybridized carbons (Fsp3) is 0.417. The second kappa shape index (κ2) is 5.55. The van der Waals surface area contributed by atoms with Crippen LogP contribution in [-0.2, 0) is 11.2 Å². The minimum absolute atomic E-state index is 0.520. The molecule has 0 fully saturated rings. The third kappa shape index (κ3) is 3.71. The molecule has 1 rings (SSSR count). The highest BCUT2D eigenvalue weighted by molar-refractivity contribution is 5.51. The number of nitrogens with zero attached hydrogens (tertiary/aromatic N) is 1. The zero-order chi connectivity index (χ0) is 10.4. The van der Waals surface area contributed by atoms with Gasteiger partial charge < -0.3 is 4.79 Å². The van der Waals surface area contributed by atoms with Crippen LogP contribution in [0, 0.1) is 6.92 Å². The molecule has 0 saturated heterocycles. The van der Waals surface area contributed by atoms with E-state index in [2.05, 4.69) is 31.2 Å². The smallest absolute Gasteiger partial charge is 0.133 e. The van der Waals surface area contributed by atoms with Crippen LogP contribution in [0.3, 0.4) is 0 Å². The first-order valence-corrected chi connectivity index (χ1v) is 4.90. The van der Waals surface area contributed by atoms with Crippen molar-refractivity contribution in [2.75, 3.05) is 20.1 Å². The van der Waals surface area contributed by atoms with E-state index in [1.807, 2.05) is 11.9 Å². The molecule has 0 N–H and O–H groups in total. The lowest BCUT2D eigenvalue weighted by Crippen LogP contribution is -2.23. The third-order valence-corrected chi connectivity index (χ3v) is 2.29. The maximum absolute atomic E-state index is 10.2. The summed E-state index contributed by atoms with van der Waals surface area (Å²) in [6, 6.07) is 8.53. The Morgan fingerprint density at radius 1 is 1.29 bits per heavy atom. The van der Waals surface area contributed by atoms with E-state index in [1.165, 1.54) is 11.1 Å². The highest BCUT2D eigenvalue weighted by Crippen LogP contribution is 2.04. The quantitative estimate of drug-likeness (QED) is 0.660. The van der Waals surface area contributed by atoms with Gasteiger partial charge in [-0.1, -0.05) is 29.8 Å². The highest BCUT2D eigenvalue weighted by atomic mass is 16.1. The van der Waals surface area contributed by atoms with Crippen LogP contribution in [0.2, 0.25) is 0 Å². The van der Waals surface area contributed by atoms with Gasteiger partial charge in [-0.15, -0.1) is 0 Å². The number of aldehydes is 1. The van der Waals surface area contributed by atoms with Crippen molar-refractivity contribution in [2.24, 2.45) is 0 Å². The molecular formula is C12H17NO. The van der Waals surface area contributed by atoms with E-state index in [9.17, 15) is 4.79 Å². The summed E-state index contributed by atoms with van der Waals surface area (Å²) in [6.07, 6.45) is 1.94. The normalized spacial score (nSPS) is 10.5. The summed E-state index contributed by atoms with van der Waals surface area (Å²) >= 11 is 0. The number of benzene rings is 1. The molecule has 0 heterocycles. The van der Waals surface area contributed by atoms with Gasteiger partial charge in [-0.25, -0.2) is 0 Å². The Morgan fingerprint density at radius 3 is 2.50 bits per heavy atom. The van der Waals surface area contributed by atoms with Gasteiger partial charge >= 0.3 is 0 Å². The summed E-state index contributed by atoms with van der Waals surface area (Å²) in [5.74, 6) is 0. The Kier molecular flexibility index (Phi) is 4.33. The summed E-state index contributed by atoms with van der Waals surface area (Å²) in [5, 5.41) is 0. The number of rotatable bonds is 5. The Bertz CT molecular complexity index is 279. The van der Waals surface area contributed by atoms with Gasteiger partial charge in [0.15, 0.2) is 0 Å². The van der Waals surface area contributed by atoms with Crippen molar-refractivity contribution in [3.63, 3.8) is 0 Å². The van der Waals surface area contributed by atoms with E-state index in [0.717, 1.165) is 19.3 Å². The number of likely N-dealkylation sites (N-methyl/N-ethyl adjacent to an activating group) is 1. The van der Waals surface area contributed by atoms with Gasteiger partial charge in [0.05, 0.1) is 6.54 Å². The van der Waals surface area contributed by atoms with E-state index in [0.29, 0.717) is 6.54 Å².